The summed E-state index contributed by atoms with van der Waals surface area (Å²) in [4.78, 5) is 55.1. The van der Waals surface area contributed by atoms with Crippen LogP contribution in [0.1, 0.15) is 41.1 Å². The standard InChI is InChI=1S/C26H28ClN3O8S3/c1-4-38-25(34)23-16-7-5-14(2)9-18(16)39-24(23)28-20(31)12-41(35,36)13-21(32)29-26-30(11-22(33)37-3)17-8-6-15(27)10-19(17)40-26/h6,8,10,14H,4-5,7,9,11-13H2,1-3H3,(H,28,31). The number of anilines is 1. The molecule has 0 aliphatic heterocycles. The second-order valence-corrected chi connectivity index (χ2v) is 14.1. The molecule has 1 N–H and O–H groups in total. The number of nitrogens with one attached hydrogen (secondary N) is 1. The summed E-state index contributed by atoms with van der Waals surface area (Å²) in [6, 6.07) is 4.89. The predicted octanol–water partition coefficient (Wildman–Crippen LogP) is 3.37. The number of nitrogens with zero attached hydrogens (tertiary/aromatic N) is 2. The molecule has 0 saturated heterocycles. The molecule has 220 valence electrons. The molecular formula is C26H28ClN3O8S3. The van der Waals surface area contributed by atoms with Gasteiger partial charge in [0.2, 0.25) is 5.91 Å². The number of benzene rings is 1. The van der Waals surface area contributed by atoms with Crippen LogP contribution in [0.15, 0.2) is 23.2 Å². The van der Waals surface area contributed by atoms with Crippen molar-refractivity contribution >= 4 is 83.1 Å². The molecule has 1 aliphatic carbocycles. The number of methoxy groups -OCH3 is 1. The number of carbonyl (C=O) groups excluding carboxylic acids is 4. The minimum absolute atomic E-state index is 0.0785. The third-order valence-corrected chi connectivity index (χ3v) is 10.2. The van der Waals surface area contributed by atoms with Gasteiger partial charge in [0.15, 0.2) is 14.6 Å². The lowest BCUT2D eigenvalue weighted by atomic mass is 9.88. The molecule has 4 rings (SSSR count). The van der Waals surface area contributed by atoms with Gasteiger partial charge in [-0.25, -0.2) is 13.2 Å². The summed E-state index contributed by atoms with van der Waals surface area (Å²) >= 11 is 8.35. The average Bonchev–Trinajstić information content (AvgIpc) is 3.39. The van der Waals surface area contributed by atoms with Gasteiger partial charge in [-0.15, -0.1) is 11.3 Å². The molecule has 1 unspecified atom stereocenters. The van der Waals surface area contributed by atoms with Crippen molar-refractivity contribution in [2.24, 2.45) is 10.9 Å². The van der Waals surface area contributed by atoms with Crippen molar-refractivity contribution in [3.05, 3.63) is 44.0 Å². The van der Waals surface area contributed by atoms with E-state index in [-0.39, 0.29) is 28.5 Å². The second kappa shape index (κ2) is 12.8. The molecule has 1 atom stereocenters. The van der Waals surface area contributed by atoms with Crippen molar-refractivity contribution in [1.82, 2.24) is 4.57 Å². The van der Waals surface area contributed by atoms with Gasteiger partial charge in [0.1, 0.15) is 23.1 Å². The highest BCUT2D eigenvalue weighted by Crippen LogP contribution is 2.40. The van der Waals surface area contributed by atoms with Crippen molar-refractivity contribution in [1.29, 1.82) is 0 Å². The molecule has 0 saturated carbocycles. The van der Waals surface area contributed by atoms with Crippen LogP contribution in [-0.2, 0) is 53.1 Å². The largest absolute Gasteiger partial charge is 0.468 e. The molecule has 1 aromatic carbocycles. The highest BCUT2D eigenvalue weighted by atomic mass is 35.5. The molecule has 2 aromatic heterocycles. The van der Waals surface area contributed by atoms with Crippen LogP contribution in [0.5, 0.6) is 0 Å². The Balaban J connectivity index is 1.53. The number of esters is 2. The first kappa shape index (κ1) is 30.9. The van der Waals surface area contributed by atoms with Crippen molar-refractivity contribution in [2.75, 3.05) is 30.5 Å². The molecule has 1 aliphatic rings. The highest BCUT2D eigenvalue weighted by Gasteiger charge is 2.30. The first-order valence-corrected chi connectivity index (χ1v) is 16.5. The van der Waals surface area contributed by atoms with Crippen LogP contribution in [0.2, 0.25) is 5.02 Å². The Hall–Kier alpha value is -3.07. The van der Waals surface area contributed by atoms with Crippen molar-refractivity contribution < 1.29 is 37.1 Å². The van der Waals surface area contributed by atoms with Crippen LogP contribution < -0.4 is 10.1 Å². The number of hydrogen-bond acceptors (Lipinski definition) is 10. The molecule has 2 heterocycles. The quantitative estimate of drug-likeness (QED) is 0.350. The number of ether oxygens (including phenoxy) is 2. The minimum Gasteiger partial charge on any atom is -0.468 e. The van der Waals surface area contributed by atoms with Gasteiger partial charge in [0.25, 0.3) is 5.91 Å². The zero-order valence-corrected chi connectivity index (χ0v) is 25.7. The Labute approximate surface area is 249 Å². The van der Waals surface area contributed by atoms with E-state index >= 15 is 0 Å². The van der Waals surface area contributed by atoms with E-state index in [1.165, 1.54) is 23.0 Å². The maximum atomic E-state index is 12.8. The number of aromatic nitrogens is 1. The van der Waals surface area contributed by atoms with E-state index in [0.717, 1.165) is 34.6 Å². The van der Waals surface area contributed by atoms with Crippen LogP contribution in [0, 0.1) is 5.92 Å². The topological polar surface area (TPSA) is 150 Å². The molecule has 0 fully saturated rings. The fourth-order valence-corrected chi connectivity index (χ4v) is 8.23. The number of sulfone groups is 1. The predicted molar refractivity (Wildman–Crippen MR) is 156 cm³/mol. The van der Waals surface area contributed by atoms with E-state index in [0.29, 0.717) is 27.6 Å². The van der Waals surface area contributed by atoms with E-state index in [2.05, 4.69) is 17.2 Å². The monoisotopic (exact) mass is 641 g/mol. The summed E-state index contributed by atoms with van der Waals surface area (Å²) < 4.78 is 37.5. The Morgan fingerprint density at radius 3 is 2.66 bits per heavy atom. The number of carbonyl (C=O) groups is 4. The van der Waals surface area contributed by atoms with E-state index in [1.54, 1.807) is 25.1 Å². The third-order valence-electron chi connectivity index (χ3n) is 6.32. The Morgan fingerprint density at radius 1 is 1.20 bits per heavy atom. The van der Waals surface area contributed by atoms with Gasteiger partial charge in [0.05, 0.1) is 29.5 Å². The molecule has 11 nitrogen and oxygen atoms in total. The first-order valence-electron chi connectivity index (χ1n) is 12.7. The number of thiazole rings is 1. The van der Waals surface area contributed by atoms with Crippen molar-refractivity contribution in [3.8, 4) is 0 Å². The fourth-order valence-electron chi connectivity index (χ4n) is 4.48. The van der Waals surface area contributed by atoms with E-state index in [9.17, 15) is 27.6 Å². The van der Waals surface area contributed by atoms with Crippen LogP contribution in [0.3, 0.4) is 0 Å². The molecule has 0 radical (unpaired) electrons. The van der Waals surface area contributed by atoms with Crippen molar-refractivity contribution in [2.45, 2.75) is 39.7 Å². The van der Waals surface area contributed by atoms with Crippen LogP contribution in [0.4, 0.5) is 5.00 Å². The summed E-state index contributed by atoms with van der Waals surface area (Å²) in [5.41, 5.74) is 1.64. The highest BCUT2D eigenvalue weighted by molar-refractivity contribution is 7.92. The Morgan fingerprint density at radius 2 is 1.95 bits per heavy atom. The molecule has 41 heavy (non-hydrogen) atoms. The second-order valence-electron chi connectivity index (χ2n) is 9.52. The van der Waals surface area contributed by atoms with Gasteiger partial charge >= 0.3 is 11.9 Å². The lowest BCUT2D eigenvalue weighted by molar-refractivity contribution is -0.141. The summed E-state index contributed by atoms with van der Waals surface area (Å²) in [6.07, 6.45) is 2.29. The SMILES string of the molecule is CCOC(=O)c1c(NC(=O)CS(=O)(=O)CC(=O)N=c2sc3cc(Cl)ccc3n2CC(=O)OC)sc2c1CCC(C)C2. The first-order chi connectivity index (χ1) is 19.4. The summed E-state index contributed by atoms with van der Waals surface area (Å²) in [7, 11) is -3.02. The normalized spacial score (nSPS) is 15.4. The van der Waals surface area contributed by atoms with Gasteiger partial charge in [-0.1, -0.05) is 29.9 Å². The van der Waals surface area contributed by atoms with E-state index in [4.69, 9.17) is 21.1 Å². The third kappa shape index (κ3) is 7.42. The number of fused-ring (bicyclic) bond motifs is 2. The van der Waals surface area contributed by atoms with Gasteiger partial charge in [-0.3, -0.25) is 14.4 Å². The minimum atomic E-state index is -4.24. The maximum absolute atomic E-state index is 12.8. The van der Waals surface area contributed by atoms with Gasteiger partial charge < -0.3 is 19.4 Å². The van der Waals surface area contributed by atoms with Gasteiger partial charge in [-0.05, 0) is 55.9 Å². The molecule has 3 aromatic rings. The summed E-state index contributed by atoms with van der Waals surface area (Å²) in [6.45, 7) is 3.67. The average molecular weight is 642 g/mol. The van der Waals surface area contributed by atoms with Crippen LogP contribution >= 0.6 is 34.3 Å². The molecule has 0 bridgehead atoms. The van der Waals surface area contributed by atoms with Gasteiger partial charge in [-0.2, -0.15) is 4.99 Å². The van der Waals surface area contributed by atoms with E-state index < -0.39 is 45.1 Å². The maximum Gasteiger partial charge on any atom is 0.341 e. The molecular weight excluding hydrogens is 614 g/mol. The molecule has 0 spiro atoms. The molecule has 2 amide bonds. The van der Waals surface area contributed by atoms with Crippen molar-refractivity contribution in [3.63, 3.8) is 0 Å². The zero-order chi connectivity index (χ0) is 29.9. The fraction of sp³-hybridized carbons (Fsp3) is 0.423. The lowest BCUT2D eigenvalue weighted by Gasteiger charge is -2.18. The summed E-state index contributed by atoms with van der Waals surface area (Å²) in [5, 5.41) is 3.23. The zero-order valence-electron chi connectivity index (χ0n) is 22.5. The smallest absolute Gasteiger partial charge is 0.341 e. The number of thiophene rings is 1. The number of halogens is 1. The van der Waals surface area contributed by atoms with Crippen LogP contribution in [-0.4, -0.2) is 62.0 Å². The van der Waals surface area contributed by atoms with Gasteiger partial charge in [0, 0.05) is 9.90 Å². The Bertz CT molecular complexity index is 1700. The number of amides is 2. The lowest BCUT2D eigenvalue weighted by Crippen LogP contribution is -2.29. The summed E-state index contributed by atoms with van der Waals surface area (Å²) in [5.74, 6) is -4.66. The van der Waals surface area contributed by atoms with Crippen LogP contribution in [0.25, 0.3) is 10.2 Å². The van der Waals surface area contributed by atoms with E-state index in [1.807, 2.05) is 0 Å². The molecule has 15 heteroatoms. The Kier molecular flexibility index (Phi) is 9.67. The number of hydrogen-bond donors (Lipinski definition) is 1. The number of rotatable bonds is 9.